The van der Waals surface area contributed by atoms with E-state index in [1.807, 2.05) is 5.32 Å². The zero-order valence-electron chi connectivity index (χ0n) is 9.28. The molecule has 0 radical (unpaired) electrons. The summed E-state index contributed by atoms with van der Waals surface area (Å²) in [6.07, 6.45) is 0. The molecule has 18 heavy (non-hydrogen) atoms. The van der Waals surface area contributed by atoms with Gasteiger partial charge in [-0.1, -0.05) is 0 Å². The molecule has 1 heterocycles. The van der Waals surface area contributed by atoms with Gasteiger partial charge in [0, 0.05) is 0 Å². The third-order valence-electron chi connectivity index (χ3n) is 0.662. The zero-order chi connectivity index (χ0) is 12.4. The van der Waals surface area contributed by atoms with Gasteiger partial charge in [0.2, 0.25) is 29.9 Å². The third-order valence-corrected chi connectivity index (χ3v) is 0.662. The van der Waals surface area contributed by atoms with E-state index in [4.69, 9.17) is 26.6 Å². The number of amides is 3. The summed E-state index contributed by atoms with van der Waals surface area (Å²) in [6.45, 7) is 0.124. The van der Waals surface area contributed by atoms with Crippen molar-refractivity contribution in [3.63, 3.8) is 0 Å². The number of halogens is 1. The van der Waals surface area contributed by atoms with Crippen molar-refractivity contribution >= 4 is 34.7 Å². The van der Waals surface area contributed by atoms with Crippen LogP contribution in [0.4, 0.5) is 4.79 Å². The van der Waals surface area contributed by atoms with Gasteiger partial charge < -0.3 is 23.5 Å². The number of imide groups is 1. The van der Waals surface area contributed by atoms with Crippen molar-refractivity contribution in [1.82, 2.24) is 10.6 Å². The van der Waals surface area contributed by atoms with E-state index < -0.39 is 28.8 Å². The predicted molar refractivity (Wildman–Crippen MR) is 45.6 cm³/mol. The fourth-order valence-corrected chi connectivity index (χ4v) is 0.376. The molecule has 1 unspecified atom stereocenters. The van der Waals surface area contributed by atoms with Gasteiger partial charge in [-0.25, -0.2) is 9.00 Å². The Morgan fingerprint density at radius 3 is 1.44 bits per heavy atom. The van der Waals surface area contributed by atoms with Crippen LogP contribution in [0.25, 0.3) is 0 Å². The van der Waals surface area contributed by atoms with Gasteiger partial charge in [-0.2, -0.15) is 0 Å². The van der Waals surface area contributed by atoms with Crippen LogP contribution >= 0.6 is 0 Å². The third kappa shape index (κ3) is 43.1. The Balaban J connectivity index is -0.0000000461. The predicted octanol–water partition coefficient (Wildman–Crippen LogP) is -12.4. The van der Waals surface area contributed by atoms with Gasteiger partial charge in [-0.3, -0.25) is 14.3 Å². The Hall–Kier alpha value is 1.81. The number of carbonyl (C=O) groups excluding carboxylic acids is 2. The van der Waals surface area contributed by atoms with E-state index in [0.717, 1.165) is 0 Å². The molecule has 0 aromatic rings. The minimum absolute atomic E-state index is 0. The van der Waals surface area contributed by atoms with Crippen molar-refractivity contribution < 1.29 is 119 Å². The maximum atomic E-state index is 10.1. The van der Waals surface area contributed by atoms with Crippen molar-refractivity contribution in [3.05, 3.63) is 0 Å². The molecule has 3 N–H and O–H groups in total. The molecule has 3 amide bonds. The second-order valence-electron chi connectivity index (χ2n) is 1.65. The Morgan fingerprint density at radius 2 is 1.39 bits per heavy atom. The van der Waals surface area contributed by atoms with Crippen LogP contribution in [0.15, 0.2) is 0 Å². The van der Waals surface area contributed by atoms with Gasteiger partial charge in [0.05, 0.1) is 17.9 Å². The molecule has 98 valence electrons. The number of rotatable bonds is 0. The maximum Gasteiger partial charge on any atom is 1.00 e. The van der Waals surface area contributed by atoms with Crippen molar-refractivity contribution in [2.45, 2.75) is 0 Å². The normalized spacial score (nSPS) is 12.7. The van der Waals surface area contributed by atoms with Crippen molar-refractivity contribution in [3.8, 4) is 0 Å². The number of hydrogen-bond donors (Lipinski definition) is 3. The average molecular weight is 436 g/mol. The topological polar surface area (TPSA) is 182 Å². The Bertz CT molecular complexity index is 247. The van der Waals surface area contributed by atoms with E-state index in [0.29, 0.717) is 0 Å². The van der Waals surface area contributed by atoms with Gasteiger partial charge >= 0.3 is 65.1 Å². The quantitative estimate of drug-likeness (QED) is 0.145. The van der Waals surface area contributed by atoms with Gasteiger partial charge in [0.15, 0.2) is 0 Å². The van der Waals surface area contributed by atoms with Gasteiger partial charge in [0.1, 0.15) is 0 Å². The van der Waals surface area contributed by atoms with Crippen molar-refractivity contribution in [1.29, 1.82) is 0 Å². The van der Waals surface area contributed by atoms with E-state index in [9.17, 15) is 9.59 Å². The first-order chi connectivity index (χ1) is 6.75. The van der Waals surface area contributed by atoms with E-state index >= 15 is 0 Å². The van der Waals surface area contributed by atoms with Crippen LogP contribution in [0.5, 0.6) is 0 Å². The Labute approximate surface area is 169 Å². The second-order valence-corrected chi connectivity index (χ2v) is 2.49. The molecule has 0 aromatic heterocycles. The summed E-state index contributed by atoms with van der Waals surface area (Å²) >= 11 is -5.97. The monoisotopic (exact) mass is 436 g/mol. The largest absolute Gasteiger partial charge is 1.00 e. The molecule has 0 spiro atoms. The van der Waals surface area contributed by atoms with E-state index in [-0.39, 0.29) is 95.5 Å². The van der Waals surface area contributed by atoms with Crippen LogP contribution in [-0.2, 0) is 27.5 Å². The fourth-order valence-electron chi connectivity index (χ4n) is 0.376. The molecule has 0 aromatic carbocycles. The molecular formula is C3H7IN2Na2O8S2. The number of carbonyl (C=O) groups is 2. The summed E-state index contributed by atoms with van der Waals surface area (Å²) in [5.41, 5.74) is 0. The zero-order valence-corrected chi connectivity index (χ0v) is 17.5. The van der Waals surface area contributed by atoms with Crippen LogP contribution in [0.1, 0.15) is 0 Å². The number of hydrogen-bond acceptors (Lipinski definition) is 7. The van der Waals surface area contributed by atoms with Gasteiger partial charge in [-0.05, 0) is 0 Å². The fraction of sp³-hybridized carbons (Fsp3) is 0.333. The first-order valence-electron chi connectivity index (χ1n) is 2.88. The van der Waals surface area contributed by atoms with Gasteiger partial charge in [-0.15, -0.1) is 11.4 Å². The molecule has 1 aliphatic rings. The maximum absolute atomic E-state index is 10.1. The van der Waals surface area contributed by atoms with Crippen molar-refractivity contribution in [2.75, 3.05) is 6.54 Å². The van der Waals surface area contributed by atoms with Crippen LogP contribution < -0.4 is 93.7 Å². The average Bonchev–Trinajstić information content (AvgIpc) is 2.31. The molecule has 1 atom stereocenters. The Kier molecular flexibility index (Phi) is 37.5. The molecule has 1 fully saturated rings. The summed E-state index contributed by atoms with van der Waals surface area (Å²) in [5.74, 6) is -0.259. The number of urea groups is 1. The molecule has 0 bridgehead atoms. The molecule has 1 aliphatic heterocycles. The number of nitrogens with one attached hydrogen (secondary N) is 2. The molecule has 0 saturated carbocycles. The van der Waals surface area contributed by atoms with E-state index in [1.165, 1.54) is 0 Å². The van der Waals surface area contributed by atoms with Crippen LogP contribution in [0, 0.1) is 0 Å². The molecule has 10 nitrogen and oxygen atoms in total. The van der Waals surface area contributed by atoms with Crippen LogP contribution in [0.2, 0.25) is 0 Å². The summed E-state index contributed by atoms with van der Waals surface area (Å²) in [7, 11) is 0. The summed E-state index contributed by atoms with van der Waals surface area (Å²) in [6, 6.07) is -0.398. The second kappa shape index (κ2) is 21.1. The Morgan fingerprint density at radius 1 is 1.11 bits per heavy atom. The first kappa shape index (κ1) is 32.0. The van der Waals surface area contributed by atoms with Crippen LogP contribution in [-0.4, -0.2) is 45.1 Å². The van der Waals surface area contributed by atoms with Crippen LogP contribution in [0.3, 0.4) is 0 Å². The molecular weight excluding hydrogens is 429 g/mol. The minimum Gasteiger partial charge on any atom is -0.784 e. The molecule has 1 saturated heterocycles. The SMILES string of the molecule is O=C1CNC(=O)N1.O=S([O-])O.O=S([O-])[O-].[IH2+].[Na+].[Na+]. The summed E-state index contributed by atoms with van der Waals surface area (Å²) < 4.78 is 49.4. The molecule has 1 rings (SSSR count). The first-order valence-corrected chi connectivity index (χ1v) is 4.91. The summed E-state index contributed by atoms with van der Waals surface area (Å²) in [4.78, 5) is 20.1. The van der Waals surface area contributed by atoms with E-state index in [1.54, 1.807) is 0 Å². The molecule has 15 heteroatoms. The smallest absolute Gasteiger partial charge is 0.784 e. The standard InChI is InChI=1S/C3H4N2O2.H2I.2Na.2H2O3S/c6-2-1-4-3(7)5-2;;;;2*1-4(2)3/h1H2,(H2,4,5,6,7);1H2;;;2*(H2,1,2,3)/q;3*+1;;/p-3. The van der Waals surface area contributed by atoms with E-state index in [2.05, 4.69) is 5.32 Å². The molecule has 0 aliphatic carbocycles. The van der Waals surface area contributed by atoms with Crippen molar-refractivity contribution in [2.24, 2.45) is 0 Å². The minimum atomic E-state index is -3.11. The van der Waals surface area contributed by atoms with Gasteiger partial charge in [0.25, 0.3) is 0 Å². The summed E-state index contributed by atoms with van der Waals surface area (Å²) in [5, 5.41) is 4.30.